The van der Waals surface area contributed by atoms with Crippen LogP contribution in [-0.4, -0.2) is 35.2 Å². The normalized spacial score (nSPS) is 14.1. The number of benzene rings is 1. The van der Waals surface area contributed by atoms with E-state index in [0.29, 0.717) is 11.7 Å². The van der Waals surface area contributed by atoms with E-state index in [1.54, 1.807) is 20.2 Å². The van der Waals surface area contributed by atoms with Crippen molar-refractivity contribution in [2.45, 2.75) is 18.8 Å². The van der Waals surface area contributed by atoms with Crippen LogP contribution in [0.3, 0.4) is 0 Å². The Kier molecular flexibility index (Phi) is 3.14. The minimum absolute atomic E-state index is 0.206. The molecule has 1 aromatic heterocycles. The van der Waals surface area contributed by atoms with E-state index < -0.39 is 0 Å². The molecule has 104 valence electrons. The van der Waals surface area contributed by atoms with Gasteiger partial charge in [-0.15, -0.1) is 5.10 Å². The first kappa shape index (κ1) is 12.7. The predicted octanol–water partition coefficient (Wildman–Crippen LogP) is 1.97. The number of hydrogen-bond acceptors (Lipinski definition) is 4. The molecule has 0 bridgehead atoms. The van der Waals surface area contributed by atoms with Crippen LogP contribution >= 0.6 is 0 Å². The average Bonchev–Trinajstić information content (AvgIpc) is 3.23. The Hall–Kier alpha value is -2.37. The number of aromatic nitrogens is 3. The Morgan fingerprint density at radius 2 is 2.25 bits per heavy atom. The Morgan fingerprint density at radius 1 is 1.45 bits per heavy atom. The van der Waals surface area contributed by atoms with Gasteiger partial charge < -0.3 is 9.64 Å². The van der Waals surface area contributed by atoms with Crippen molar-refractivity contribution in [3.05, 3.63) is 35.9 Å². The second-order valence-electron chi connectivity index (χ2n) is 4.88. The highest BCUT2D eigenvalue weighted by molar-refractivity contribution is 6.03. The smallest absolute Gasteiger partial charge is 0.297 e. The van der Waals surface area contributed by atoms with Crippen LogP contribution in [0, 0.1) is 0 Å². The lowest BCUT2D eigenvalue weighted by Gasteiger charge is -2.16. The van der Waals surface area contributed by atoms with Crippen LogP contribution in [0.4, 0.5) is 5.69 Å². The SMILES string of the molecule is COc1cccc(N(C)C(=O)c2n[nH]c(C3CC3)n2)c1. The third-order valence-corrected chi connectivity index (χ3v) is 3.40. The molecule has 1 amide bonds. The minimum atomic E-state index is -0.235. The highest BCUT2D eigenvalue weighted by Crippen LogP contribution is 2.37. The molecule has 1 saturated carbocycles. The van der Waals surface area contributed by atoms with E-state index in [-0.39, 0.29) is 11.7 Å². The number of ether oxygens (including phenoxy) is 1. The molecule has 0 saturated heterocycles. The van der Waals surface area contributed by atoms with Crippen molar-refractivity contribution < 1.29 is 9.53 Å². The zero-order valence-corrected chi connectivity index (χ0v) is 11.5. The molecule has 0 unspecified atom stereocenters. The van der Waals surface area contributed by atoms with Gasteiger partial charge in [0.25, 0.3) is 5.91 Å². The second-order valence-corrected chi connectivity index (χ2v) is 4.88. The molecule has 1 heterocycles. The molecule has 1 aliphatic carbocycles. The summed E-state index contributed by atoms with van der Waals surface area (Å²) in [6, 6.07) is 7.31. The summed E-state index contributed by atoms with van der Waals surface area (Å²) in [5.74, 6) is 1.94. The Labute approximate surface area is 116 Å². The minimum Gasteiger partial charge on any atom is -0.497 e. The topological polar surface area (TPSA) is 71.1 Å². The summed E-state index contributed by atoms with van der Waals surface area (Å²) in [7, 11) is 3.29. The Morgan fingerprint density at radius 3 is 2.95 bits per heavy atom. The Bertz CT molecular complexity index is 634. The molecule has 6 nitrogen and oxygen atoms in total. The van der Waals surface area contributed by atoms with E-state index in [1.165, 1.54) is 4.90 Å². The third-order valence-electron chi connectivity index (χ3n) is 3.40. The first-order valence-corrected chi connectivity index (χ1v) is 6.53. The standard InChI is InChI=1S/C14H16N4O2/c1-18(10-4-3-5-11(8-10)20-2)14(19)13-15-12(16-17-13)9-6-7-9/h3-5,8-9H,6-7H2,1-2H3,(H,15,16,17). The number of carbonyl (C=O) groups excluding carboxylic acids is 1. The molecule has 3 rings (SSSR count). The number of amides is 1. The first-order chi connectivity index (χ1) is 9.69. The quantitative estimate of drug-likeness (QED) is 0.923. The van der Waals surface area contributed by atoms with Crippen molar-refractivity contribution in [1.29, 1.82) is 0 Å². The first-order valence-electron chi connectivity index (χ1n) is 6.53. The van der Waals surface area contributed by atoms with Crippen molar-refractivity contribution in [3.8, 4) is 5.75 Å². The maximum absolute atomic E-state index is 12.3. The fraction of sp³-hybridized carbons (Fsp3) is 0.357. The summed E-state index contributed by atoms with van der Waals surface area (Å²) in [6.07, 6.45) is 2.24. The largest absolute Gasteiger partial charge is 0.497 e. The van der Waals surface area contributed by atoms with Gasteiger partial charge in [0.05, 0.1) is 7.11 Å². The molecule has 1 fully saturated rings. The summed E-state index contributed by atoms with van der Waals surface area (Å²) in [5, 5.41) is 6.85. The molecular weight excluding hydrogens is 256 g/mol. The van der Waals surface area contributed by atoms with Gasteiger partial charge in [-0.3, -0.25) is 9.89 Å². The lowest BCUT2D eigenvalue weighted by molar-refractivity contribution is 0.0983. The van der Waals surface area contributed by atoms with Crippen molar-refractivity contribution in [1.82, 2.24) is 15.2 Å². The number of rotatable bonds is 4. The van der Waals surface area contributed by atoms with E-state index in [9.17, 15) is 4.79 Å². The van der Waals surface area contributed by atoms with E-state index in [4.69, 9.17) is 4.74 Å². The second kappa shape index (κ2) is 4.96. The van der Waals surface area contributed by atoms with E-state index >= 15 is 0 Å². The van der Waals surface area contributed by atoms with Gasteiger partial charge in [0.1, 0.15) is 11.6 Å². The summed E-state index contributed by atoms with van der Waals surface area (Å²) < 4.78 is 5.16. The van der Waals surface area contributed by atoms with Gasteiger partial charge >= 0.3 is 0 Å². The molecule has 0 radical (unpaired) electrons. The third kappa shape index (κ3) is 2.36. The zero-order valence-electron chi connectivity index (χ0n) is 11.5. The highest BCUT2D eigenvalue weighted by Gasteiger charge is 2.29. The molecule has 0 atom stereocenters. The molecule has 1 N–H and O–H groups in total. The fourth-order valence-electron chi connectivity index (χ4n) is 2.00. The van der Waals surface area contributed by atoms with E-state index in [2.05, 4.69) is 15.2 Å². The van der Waals surface area contributed by atoms with Crippen molar-refractivity contribution in [2.24, 2.45) is 0 Å². The number of H-pyrrole nitrogens is 1. The molecule has 1 aromatic carbocycles. The molecule has 6 heteroatoms. The van der Waals surface area contributed by atoms with Crippen molar-refractivity contribution >= 4 is 11.6 Å². The monoisotopic (exact) mass is 272 g/mol. The van der Waals surface area contributed by atoms with Crippen LogP contribution < -0.4 is 9.64 Å². The molecule has 1 aliphatic rings. The van der Waals surface area contributed by atoms with Gasteiger partial charge in [-0.1, -0.05) is 6.07 Å². The number of anilines is 1. The number of nitrogens with zero attached hydrogens (tertiary/aromatic N) is 3. The molecule has 2 aromatic rings. The number of carbonyl (C=O) groups is 1. The summed E-state index contributed by atoms with van der Waals surface area (Å²) in [4.78, 5) is 18.1. The average molecular weight is 272 g/mol. The summed E-state index contributed by atoms with van der Waals surface area (Å²) >= 11 is 0. The number of nitrogens with one attached hydrogen (secondary N) is 1. The van der Waals surface area contributed by atoms with Crippen LogP contribution in [0.5, 0.6) is 5.75 Å². The van der Waals surface area contributed by atoms with Gasteiger partial charge in [0.2, 0.25) is 5.82 Å². The summed E-state index contributed by atoms with van der Waals surface area (Å²) in [5.41, 5.74) is 0.743. The number of methoxy groups -OCH3 is 1. The number of hydrogen-bond donors (Lipinski definition) is 1. The van der Waals surface area contributed by atoms with E-state index in [1.807, 2.05) is 18.2 Å². The maximum Gasteiger partial charge on any atom is 0.297 e. The van der Waals surface area contributed by atoms with Crippen LogP contribution in [-0.2, 0) is 0 Å². The van der Waals surface area contributed by atoms with Gasteiger partial charge in [-0.25, -0.2) is 4.98 Å². The lowest BCUT2D eigenvalue weighted by Crippen LogP contribution is -2.27. The maximum atomic E-state index is 12.3. The zero-order chi connectivity index (χ0) is 14.1. The highest BCUT2D eigenvalue weighted by atomic mass is 16.5. The summed E-state index contributed by atoms with van der Waals surface area (Å²) in [6.45, 7) is 0. The molecule has 0 spiro atoms. The van der Waals surface area contributed by atoms with Crippen LogP contribution in [0.2, 0.25) is 0 Å². The van der Waals surface area contributed by atoms with Gasteiger partial charge in [-0.05, 0) is 25.0 Å². The molecular formula is C14H16N4O2. The van der Waals surface area contributed by atoms with Crippen molar-refractivity contribution in [3.63, 3.8) is 0 Å². The fourth-order valence-corrected chi connectivity index (χ4v) is 2.00. The van der Waals surface area contributed by atoms with Gasteiger partial charge in [0, 0.05) is 24.7 Å². The number of aromatic amines is 1. The molecule has 0 aliphatic heterocycles. The van der Waals surface area contributed by atoms with Crippen LogP contribution in [0.15, 0.2) is 24.3 Å². The predicted molar refractivity (Wildman–Crippen MR) is 74.1 cm³/mol. The van der Waals surface area contributed by atoms with Gasteiger partial charge in [0.15, 0.2) is 0 Å². The Balaban J connectivity index is 1.80. The van der Waals surface area contributed by atoms with Gasteiger partial charge in [-0.2, -0.15) is 0 Å². The lowest BCUT2D eigenvalue weighted by atomic mass is 10.2. The van der Waals surface area contributed by atoms with Crippen molar-refractivity contribution in [2.75, 3.05) is 19.1 Å². The van der Waals surface area contributed by atoms with Crippen LogP contribution in [0.25, 0.3) is 0 Å². The van der Waals surface area contributed by atoms with Crippen LogP contribution in [0.1, 0.15) is 35.2 Å². The molecule has 20 heavy (non-hydrogen) atoms. The van der Waals surface area contributed by atoms with E-state index in [0.717, 1.165) is 24.4 Å².